The van der Waals surface area contributed by atoms with E-state index in [2.05, 4.69) is 15.1 Å². The lowest BCUT2D eigenvalue weighted by molar-refractivity contribution is 0.890. The summed E-state index contributed by atoms with van der Waals surface area (Å²) in [5.74, 6) is 1.43. The second kappa shape index (κ2) is 7.56. The maximum absolute atomic E-state index is 6.29. The highest BCUT2D eigenvalue weighted by molar-refractivity contribution is 7.98. The zero-order valence-electron chi connectivity index (χ0n) is 13.7. The Morgan fingerprint density at radius 3 is 2.41 bits per heavy atom. The first-order valence-electron chi connectivity index (χ1n) is 7.86. The van der Waals surface area contributed by atoms with Gasteiger partial charge >= 0.3 is 0 Å². The molecule has 0 spiro atoms. The normalized spacial score (nSPS) is 11.2. The number of halogens is 3. The maximum Gasteiger partial charge on any atom is 0.255 e. The summed E-state index contributed by atoms with van der Waals surface area (Å²) in [6, 6.07) is 12.8. The number of nitrogen functional groups attached to an aromatic ring is 1. The van der Waals surface area contributed by atoms with Crippen LogP contribution in [0.5, 0.6) is 0 Å². The van der Waals surface area contributed by atoms with E-state index in [4.69, 9.17) is 40.5 Å². The molecule has 2 heterocycles. The number of hydrogen-bond acceptors (Lipinski definition) is 5. The minimum Gasteiger partial charge on any atom is -0.383 e. The van der Waals surface area contributed by atoms with Crippen molar-refractivity contribution >= 4 is 58.2 Å². The van der Waals surface area contributed by atoms with E-state index in [1.54, 1.807) is 30.5 Å². The van der Waals surface area contributed by atoms with Crippen LogP contribution in [0.15, 0.2) is 53.8 Å². The van der Waals surface area contributed by atoms with Crippen molar-refractivity contribution < 1.29 is 0 Å². The molecule has 0 fully saturated rings. The minimum atomic E-state index is 0.429. The second-order valence-corrected chi connectivity index (χ2v) is 7.85. The van der Waals surface area contributed by atoms with Crippen molar-refractivity contribution in [1.82, 2.24) is 19.6 Å². The first-order chi connectivity index (χ1) is 13.0. The van der Waals surface area contributed by atoms with Gasteiger partial charge in [0.05, 0.1) is 0 Å². The Kier molecular flexibility index (Phi) is 5.14. The van der Waals surface area contributed by atoms with Gasteiger partial charge in [-0.2, -0.15) is 9.50 Å². The van der Waals surface area contributed by atoms with Crippen molar-refractivity contribution in [3.63, 3.8) is 0 Å². The monoisotopic (exact) mass is 435 g/mol. The number of anilines is 1. The quantitative estimate of drug-likeness (QED) is 0.420. The molecule has 0 saturated carbocycles. The van der Waals surface area contributed by atoms with E-state index >= 15 is 0 Å². The summed E-state index contributed by atoms with van der Waals surface area (Å²) in [6.07, 6.45) is 1.68. The van der Waals surface area contributed by atoms with Gasteiger partial charge in [0.25, 0.3) is 5.78 Å². The molecule has 2 aromatic carbocycles. The lowest BCUT2D eigenvalue weighted by atomic mass is 10.1. The first-order valence-corrected chi connectivity index (χ1v) is 9.98. The van der Waals surface area contributed by atoms with Crippen LogP contribution < -0.4 is 5.73 Å². The second-order valence-electron chi connectivity index (χ2n) is 5.66. The number of nitrogens with zero attached hydrogens (tertiary/aromatic N) is 4. The van der Waals surface area contributed by atoms with E-state index in [0.717, 1.165) is 16.7 Å². The fourth-order valence-corrected chi connectivity index (χ4v) is 4.24. The average Bonchev–Trinajstić information content (AvgIpc) is 3.07. The predicted molar refractivity (Wildman–Crippen MR) is 112 cm³/mol. The summed E-state index contributed by atoms with van der Waals surface area (Å²) in [5.41, 5.74) is 8.79. The van der Waals surface area contributed by atoms with Gasteiger partial charge in [-0.3, -0.25) is 0 Å². The molecule has 0 saturated heterocycles. The van der Waals surface area contributed by atoms with Crippen LogP contribution >= 0.6 is 46.6 Å². The highest BCUT2D eigenvalue weighted by atomic mass is 35.5. The van der Waals surface area contributed by atoms with Gasteiger partial charge in [0.1, 0.15) is 5.82 Å². The number of thioether (sulfide) groups is 1. The summed E-state index contributed by atoms with van der Waals surface area (Å²) in [6.45, 7) is 0. The van der Waals surface area contributed by atoms with Gasteiger partial charge in [0.15, 0.2) is 0 Å². The molecular weight excluding hydrogens is 425 g/mol. The molecule has 0 aliphatic heterocycles. The topological polar surface area (TPSA) is 69.1 Å². The summed E-state index contributed by atoms with van der Waals surface area (Å²) in [5, 5.41) is 6.88. The molecule has 4 rings (SSSR count). The highest BCUT2D eigenvalue weighted by Gasteiger charge is 2.14. The smallest absolute Gasteiger partial charge is 0.255 e. The van der Waals surface area contributed by atoms with Gasteiger partial charge in [0, 0.05) is 32.6 Å². The minimum absolute atomic E-state index is 0.429. The molecule has 2 aromatic heterocycles. The van der Waals surface area contributed by atoms with Gasteiger partial charge in [-0.05, 0) is 35.4 Å². The van der Waals surface area contributed by atoms with Crippen LogP contribution in [0.2, 0.25) is 15.1 Å². The van der Waals surface area contributed by atoms with E-state index in [1.807, 2.05) is 18.2 Å². The number of benzene rings is 2. The van der Waals surface area contributed by atoms with Gasteiger partial charge in [0.2, 0.25) is 5.16 Å². The summed E-state index contributed by atoms with van der Waals surface area (Å²) in [4.78, 5) is 8.78. The number of rotatable bonds is 4. The number of nitrogens with two attached hydrogens (primary N) is 1. The van der Waals surface area contributed by atoms with E-state index in [0.29, 0.717) is 37.6 Å². The average molecular weight is 437 g/mol. The third-order valence-electron chi connectivity index (χ3n) is 3.95. The molecule has 9 heteroatoms. The van der Waals surface area contributed by atoms with Crippen LogP contribution in [0.4, 0.5) is 5.82 Å². The number of fused-ring (bicyclic) bond motifs is 1. The van der Waals surface area contributed by atoms with E-state index in [9.17, 15) is 0 Å². The summed E-state index contributed by atoms with van der Waals surface area (Å²) in [7, 11) is 0. The molecule has 0 amide bonds. The van der Waals surface area contributed by atoms with Crippen molar-refractivity contribution in [2.24, 2.45) is 0 Å². The Morgan fingerprint density at radius 1 is 1.00 bits per heavy atom. The van der Waals surface area contributed by atoms with Gasteiger partial charge in [-0.15, -0.1) is 5.10 Å². The van der Waals surface area contributed by atoms with Crippen LogP contribution in [0.25, 0.3) is 16.9 Å². The molecule has 27 heavy (non-hydrogen) atoms. The number of hydrogen-bond donors (Lipinski definition) is 1. The Bertz CT molecular complexity index is 1110. The third kappa shape index (κ3) is 3.71. The Balaban J connectivity index is 1.64. The fourth-order valence-electron chi connectivity index (χ4n) is 2.55. The van der Waals surface area contributed by atoms with Gasteiger partial charge in [-0.1, -0.05) is 64.8 Å². The fraction of sp³-hybridized carbons (Fsp3) is 0.0556. The van der Waals surface area contributed by atoms with Crippen LogP contribution in [-0.2, 0) is 5.75 Å². The third-order valence-corrected chi connectivity index (χ3v) is 5.77. The van der Waals surface area contributed by atoms with Crippen LogP contribution in [0.1, 0.15) is 5.56 Å². The SMILES string of the molecule is Nc1c(-c2ccc(Cl)cc2)cnc2nc(SCc3c(Cl)cccc3Cl)nn12. The largest absolute Gasteiger partial charge is 0.383 e. The summed E-state index contributed by atoms with van der Waals surface area (Å²) < 4.78 is 1.53. The van der Waals surface area contributed by atoms with Crippen molar-refractivity contribution in [3.05, 3.63) is 69.3 Å². The molecule has 0 aliphatic rings. The molecule has 0 radical (unpaired) electrons. The van der Waals surface area contributed by atoms with Crippen molar-refractivity contribution in [2.45, 2.75) is 10.9 Å². The highest BCUT2D eigenvalue weighted by Crippen LogP contribution is 2.31. The van der Waals surface area contributed by atoms with Crippen LogP contribution in [-0.4, -0.2) is 19.6 Å². The molecule has 136 valence electrons. The van der Waals surface area contributed by atoms with Gasteiger partial charge < -0.3 is 5.73 Å². The molecule has 0 aliphatic carbocycles. The number of aromatic nitrogens is 4. The molecule has 0 unspecified atom stereocenters. The van der Waals surface area contributed by atoms with Crippen molar-refractivity contribution in [2.75, 3.05) is 5.73 Å². The molecule has 2 N–H and O–H groups in total. The summed E-state index contributed by atoms with van der Waals surface area (Å²) >= 11 is 19.8. The van der Waals surface area contributed by atoms with Crippen LogP contribution in [0.3, 0.4) is 0 Å². The van der Waals surface area contributed by atoms with Crippen molar-refractivity contribution in [1.29, 1.82) is 0 Å². The Morgan fingerprint density at radius 2 is 1.70 bits per heavy atom. The van der Waals surface area contributed by atoms with E-state index < -0.39 is 0 Å². The zero-order valence-corrected chi connectivity index (χ0v) is 16.8. The van der Waals surface area contributed by atoms with Gasteiger partial charge in [-0.25, -0.2) is 4.98 Å². The Hall–Kier alpha value is -1.99. The van der Waals surface area contributed by atoms with Crippen LogP contribution in [0, 0.1) is 0 Å². The standard InChI is InChI=1S/C18H12Cl3N5S/c19-11-6-4-10(5-7-11)12-8-23-17-24-18(25-26(17)16(12)22)27-9-13-14(20)2-1-3-15(13)21/h1-8H,9,22H2. The zero-order chi connectivity index (χ0) is 19.0. The molecule has 5 nitrogen and oxygen atoms in total. The first kappa shape index (κ1) is 18.4. The predicted octanol–water partition coefficient (Wildman–Crippen LogP) is 5.63. The lowest BCUT2D eigenvalue weighted by Crippen LogP contribution is -2.02. The molecule has 0 bridgehead atoms. The van der Waals surface area contributed by atoms with E-state index in [-0.39, 0.29) is 0 Å². The Labute approximate surface area is 174 Å². The van der Waals surface area contributed by atoms with E-state index in [1.165, 1.54) is 16.3 Å². The molecule has 4 aromatic rings. The van der Waals surface area contributed by atoms with Crippen molar-refractivity contribution in [3.8, 4) is 11.1 Å². The molecular formula is C18H12Cl3N5S. The maximum atomic E-state index is 6.29. The lowest BCUT2D eigenvalue weighted by Gasteiger charge is -2.06. The molecule has 0 atom stereocenters.